The maximum atomic E-state index is 12.9. The van der Waals surface area contributed by atoms with E-state index in [1.54, 1.807) is 0 Å². The zero-order valence-corrected chi connectivity index (χ0v) is 52.7. The maximum Gasteiger partial charge on any atom is 0.306 e. The van der Waals surface area contributed by atoms with Crippen LogP contribution in [0.4, 0.5) is 0 Å². The van der Waals surface area contributed by atoms with Crippen LogP contribution in [0.15, 0.2) is 36.5 Å². The minimum Gasteiger partial charge on any atom is -0.462 e. The molecule has 0 radical (unpaired) electrons. The summed E-state index contributed by atoms with van der Waals surface area (Å²) in [5.74, 6) is -0.840. The number of hydrogen-bond acceptors (Lipinski definition) is 6. The number of unbranched alkanes of at least 4 members (excludes halogenated alkanes) is 48. The number of rotatable bonds is 65. The van der Waals surface area contributed by atoms with Crippen LogP contribution in [0.25, 0.3) is 0 Å². The second kappa shape index (κ2) is 67.1. The topological polar surface area (TPSA) is 78.9 Å². The molecule has 0 aromatic rings. The highest BCUT2D eigenvalue weighted by atomic mass is 16.6. The molecule has 0 rings (SSSR count). The molecule has 0 saturated heterocycles. The van der Waals surface area contributed by atoms with Gasteiger partial charge in [0.2, 0.25) is 0 Å². The van der Waals surface area contributed by atoms with Gasteiger partial charge in [0.25, 0.3) is 0 Å². The van der Waals surface area contributed by atoms with Gasteiger partial charge in [-0.25, -0.2) is 0 Å². The van der Waals surface area contributed by atoms with Crippen LogP contribution >= 0.6 is 0 Å². The molecule has 0 saturated carbocycles. The lowest BCUT2D eigenvalue weighted by Gasteiger charge is -2.18. The van der Waals surface area contributed by atoms with Crippen molar-refractivity contribution in [2.24, 2.45) is 0 Å². The van der Waals surface area contributed by atoms with Crippen molar-refractivity contribution in [3.63, 3.8) is 0 Å². The highest BCUT2D eigenvalue weighted by Gasteiger charge is 2.19. The second-order valence-electron chi connectivity index (χ2n) is 23.8. The Morgan fingerprint density at radius 3 is 0.718 bits per heavy atom. The number of esters is 3. The van der Waals surface area contributed by atoms with E-state index in [0.29, 0.717) is 19.3 Å². The molecule has 1 atom stereocenters. The van der Waals surface area contributed by atoms with Gasteiger partial charge in [-0.15, -0.1) is 0 Å². The fraction of sp³-hybridized carbons (Fsp3) is 0.875. The van der Waals surface area contributed by atoms with Gasteiger partial charge in [0.1, 0.15) is 13.2 Å². The molecule has 1 unspecified atom stereocenters. The van der Waals surface area contributed by atoms with E-state index in [0.717, 1.165) is 70.6 Å². The van der Waals surface area contributed by atoms with Gasteiger partial charge in [-0.3, -0.25) is 14.4 Å². The first-order valence-electron chi connectivity index (χ1n) is 35.0. The molecule has 0 spiro atoms. The van der Waals surface area contributed by atoms with Crippen LogP contribution in [0.5, 0.6) is 0 Å². The molecule has 0 aromatic heterocycles. The summed E-state index contributed by atoms with van der Waals surface area (Å²) in [6.07, 6.45) is 83.1. The minimum absolute atomic E-state index is 0.0670. The zero-order chi connectivity index (χ0) is 56.4. The van der Waals surface area contributed by atoms with E-state index < -0.39 is 6.10 Å². The summed E-state index contributed by atoms with van der Waals surface area (Å²) in [6, 6.07) is 0. The summed E-state index contributed by atoms with van der Waals surface area (Å²) < 4.78 is 17.0. The van der Waals surface area contributed by atoms with Crippen LogP contribution in [-0.4, -0.2) is 37.2 Å². The Labute approximate surface area is 486 Å². The molecule has 0 aliphatic rings. The lowest BCUT2D eigenvalue weighted by atomic mass is 10.0. The average molecular weight is 1100 g/mol. The van der Waals surface area contributed by atoms with Gasteiger partial charge in [-0.05, 0) is 57.8 Å². The van der Waals surface area contributed by atoms with E-state index in [4.69, 9.17) is 14.2 Å². The molecule has 0 aliphatic carbocycles. The molecule has 0 N–H and O–H groups in total. The van der Waals surface area contributed by atoms with Gasteiger partial charge >= 0.3 is 17.9 Å². The predicted molar refractivity (Wildman–Crippen MR) is 339 cm³/mol. The molecule has 0 bridgehead atoms. The predicted octanol–water partition coefficient (Wildman–Crippen LogP) is 23.9. The van der Waals surface area contributed by atoms with Gasteiger partial charge in [0, 0.05) is 19.3 Å². The molecule has 0 aromatic carbocycles. The van der Waals surface area contributed by atoms with Crippen LogP contribution in [0.3, 0.4) is 0 Å². The van der Waals surface area contributed by atoms with E-state index in [1.165, 1.54) is 276 Å². The number of ether oxygens (including phenoxy) is 3. The van der Waals surface area contributed by atoms with Gasteiger partial charge in [-0.2, -0.15) is 0 Å². The van der Waals surface area contributed by atoms with Crippen LogP contribution in [0.2, 0.25) is 0 Å². The monoisotopic (exact) mass is 1100 g/mol. The minimum atomic E-state index is -0.771. The van der Waals surface area contributed by atoms with E-state index in [9.17, 15) is 14.4 Å². The Kier molecular flexibility index (Phi) is 65.1. The zero-order valence-electron chi connectivity index (χ0n) is 52.7. The summed E-state index contributed by atoms with van der Waals surface area (Å²) in [4.78, 5) is 38.4. The van der Waals surface area contributed by atoms with Crippen LogP contribution in [0, 0.1) is 0 Å². The summed E-state index contributed by atoms with van der Waals surface area (Å²) in [6.45, 7) is 6.70. The summed E-state index contributed by atoms with van der Waals surface area (Å²) >= 11 is 0. The summed E-state index contributed by atoms with van der Waals surface area (Å²) in [5.41, 5.74) is 0. The lowest BCUT2D eigenvalue weighted by molar-refractivity contribution is -0.167. The van der Waals surface area contributed by atoms with Crippen molar-refractivity contribution in [2.75, 3.05) is 13.2 Å². The van der Waals surface area contributed by atoms with Crippen molar-refractivity contribution in [2.45, 2.75) is 393 Å². The van der Waals surface area contributed by atoms with Crippen molar-refractivity contribution in [1.29, 1.82) is 0 Å². The number of carbonyl (C=O) groups is 3. The summed E-state index contributed by atoms with van der Waals surface area (Å²) in [5, 5.41) is 0. The standard InChI is InChI=1S/C72H134O6/c1-4-7-10-13-16-19-22-25-28-30-32-34-35-36-37-39-40-42-44-47-50-53-56-59-62-65-71(74)77-68-69(67-76-70(73)64-61-58-55-52-49-46-27-24-21-18-15-12-9-6-3)78-72(75)66-63-60-57-54-51-48-45-43-41-38-33-31-29-26-23-20-17-14-11-8-5-2/h22,25,30,32,35-36,69H,4-21,23-24,26-29,31,33-34,37-68H2,1-3H3/b25-22-,32-30-,36-35-. The smallest absolute Gasteiger partial charge is 0.306 e. The molecular weight excluding hydrogens is 961 g/mol. The highest BCUT2D eigenvalue weighted by Crippen LogP contribution is 2.18. The molecule has 0 heterocycles. The van der Waals surface area contributed by atoms with Crippen LogP contribution < -0.4 is 0 Å². The van der Waals surface area contributed by atoms with Gasteiger partial charge in [-0.1, -0.05) is 346 Å². The Bertz CT molecular complexity index is 1300. The van der Waals surface area contributed by atoms with Crippen molar-refractivity contribution < 1.29 is 28.6 Å². The molecule has 0 aliphatic heterocycles. The van der Waals surface area contributed by atoms with Crippen LogP contribution in [-0.2, 0) is 28.6 Å². The number of allylic oxidation sites excluding steroid dienone is 6. The van der Waals surface area contributed by atoms with Gasteiger partial charge in [0.15, 0.2) is 6.10 Å². The third kappa shape index (κ3) is 64.5. The Hall–Kier alpha value is -2.37. The van der Waals surface area contributed by atoms with Gasteiger partial charge < -0.3 is 14.2 Å². The first kappa shape index (κ1) is 75.6. The van der Waals surface area contributed by atoms with E-state index in [2.05, 4.69) is 57.2 Å². The lowest BCUT2D eigenvalue weighted by Crippen LogP contribution is -2.30. The fourth-order valence-corrected chi connectivity index (χ4v) is 10.6. The third-order valence-corrected chi connectivity index (χ3v) is 15.9. The molecule has 6 nitrogen and oxygen atoms in total. The van der Waals surface area contributed by atoms with Crippen molar-refractivity contribution in [1.82, 2.24) is 0 Å². The van der Waals surface area contributed by atoms with Crippen molar-refractivity contribution in [3.8, 4) is 0 Å². The Morgan fingerprint density at radius 2 is 0.462 bits per heavy atom. The number of hydrogen-bond donors (Lipinski definition) is 0. The largest absolute Gasteiger partial charge is 0.462 e. The Balaban J connectivity index is 4.27. The molecular formula is C72H134O6. The normalized spacial score (nSPS) is 12.2. The first-order chi connectivity index (χ1) is 38.5. The third-order valence-electron chi connectivity index (χ3n) is 15.9. The molecule has 458 valence electrons. The quantitative estimate of drug-likeness (QED) is 0.0261. The number of carbonyl (C=O) groups excluding carboxylic acids is 3. The maximum absolute atomic E-state index is 12.9. The first-order valence-corrected chi connectivity index (χ1v) is 35.0. The molecule has 6 heteroatoms. The van der Waals surface area contributed by atoms with Gasteiger partial charge in [0.05, 0.1) is 0 Å². The average Bonchev–Trinajstić information content (AvgIpc) is 3.44. The van der Waals surface area contributed by atoms with E-state index in [-0.39, 0.29) is 31.1 Å². The van der Waals surface area contributed by atoms with Crippen molar-refractivity contribution in [3.05, 3.63) is 36.5 Å². The van der Waals surface area contributed by atoms with E-state index >= 15 is 0 Å². The molecule has 78 heavy (non-hydrogen) atoms. The Morgan fingerprint density at radius 1 is 0.256 bits per heavy atom. The molecule has 0 fully saturated rings. The second-order valence-corrected chi connectivity index (χ2v) is 23.8. The van der Waals surface area contributed by atoms with Crippen molar-refractivity contribution >= 4 is 17.9 Å². The fourth-order valence-electron chi connectivity index (χ4n) is 10.6. The summed E-state index contributed by atoms with van der Waals surface area (Å²) in [7, 11) is 0. The molecule has 0 amide bonds. The van der Waals surface area contributed by atoms with Crippen LogP contribution in [0.1, 0.15) is 387 Å². The highest BCUT2D eigenvalue weighted by molar-refractivity contribution is 5.71. The SMILES string of the molecule is CCCCCCC/C=C\C/C=C\C/C=C\CCCCCCCCCCCCC(=O)OCC(COC(=O)CCCCCCCCCCCCCCCC)OC(=O)CCCCCCCCCCCCCCCCCCCCCCC. The van der Waals surface area contributed by atoms with E-state index in [1.807, 2.05) is 0 Å².